The van der Waals surface area contributed by atoms with Gasteiger partial charge in [0.2, 0.25) is 0 Å². The van der Waals surface area contributed by atoms with Gasteiger partial charge in [-0.1, -0.05) is 87.1 Å². The zero-order chi connectivity index (χ0) is 24.6. The zero-order valence-corrected chi connectivity index (χ0v) is 24.7. The standard InChI is InChI=1S/C31H50N2S2/c1-22(2)7-6-8-23(3)27-11-12-28-26-10-9-24-19-25(35-34-21-33-18-17-32-20-33)13-15-30(24,4)29(26)14-16-31(27,28)5/h9,17-18,20,22-23,25-29H,6-8,10-16,19,21H2,1-5H3. The Kier molecular flexibility index (Phi) is 8.10. The summed E-state index contributed by atoms with van der Waals surface area (Å²) >= 11 is 0. The van der Waals surface area contributed by atoms with Gasteiger partial charge in [0, 0.05) is 17.6 Å². The molecule has 8 atom stereocenters. The molecular weight excluding hydrogens is 464 g/mol. The van der Waals surface area contributed by atoms with E-state index in [-0.39, 0.29) is 0 Å². The summed E-state index contributed by atoms with van der Waals surface area (Å²) in [6, 6.07) is 0. The SMILES string of the molecule is CC(C)CCCC(C)C1CCC2C3CC=C4CC(SSCn5ccnc5)CCC4(C)C3CCC12C. The van der Waals surface area contributed by atoms with E-state index in [1.54, 1.807) is 0 Å². The number of fused-ring (bicyclic) bond motifs is 5. The van der Waals surface area contributed by atoms with Crippen molar-refractivity contribution in [2.45, 2.75) is 116 Å². The number of rotatable bonds is 9. The Hall–Kier alpha value is -0.350. The molecule has 0 aromatic carbocycles. The molecule has 5 rings (SSSR count). The van der Waals surface area contributed by atoms with Crippen molar-refractivity contribution < 1.29 is 0 Å². The van der Waals surface area contributed by atoms with Gasteiger partial charge in [0.1, 0.15) is 0 Å². The van der Waals surface area contributed by atoms with E-state index >= 15 is 0 Å². The monoisotopic (exact) mass is 514 g/mol. The van der Waals surface area contributed by atoms with Crippen molar-refractivity contribution in [2.24, 2.45) is 46.3 Å². The second-order valence-electron chi connectivity index (χ2n) is 13.6. The van der Waals surface area contributed by atoms with Gasteiger partial charge in [-0.15, -0.1) is 0 Å². The second kappa shape index (κ2) is 10.8. The van der Waals surface area contributed by atoms with E-state index in [0.717, 1.165) is 46.6 Å². The molecule has 4 aliphatic carbocycles. The lowest BCUT2D eigenvalue weighted by molar-refractivity contribution is -0.0497. The van der Waals surface area contributed by atoms with E-state index in [4.69, 9.17) is 0 Å². The summed E-state index contributed by atoms with van der Waals surface area (Å²) in [6.45, 7) is 12.8. The maximum atomic E-state index is 4.18. The van der Waals surface area contributed by atoms with Crippen molar-refractivity contribution in [1.29, 1.82) is 0 Å². The first-order valence-corrected chi connectivity index (χ1v) is 17.1. The highest BCUT2D eigenvalue weighted by Gasteiger charge is 2.59. The summed E-state index contributed by atoms with van der Waals surface area (Å²) in [6.07, 6.45) is 24.5. The van der Waals surface area contributed by atoms with Crippen LogP contribution in [0, 0.1) is 46.3 Å². The van der Waals surface area contributed by atoms with Crippen LogP contribution in [0.25, 0.3) is 0 Å². The Bertz CT molecular complexity index is 863. The van der Waals surface area contributed by atoms with Gasteiger partial charge in [-0.3, -0.25) is 0 Å². The van der Waals surface area contributed by atoms with Crippen LogP contribution in [0.3, 0.4) is 0 Å². The van der Waals surface area contributed by atoms with E-state index in [2.05, 4.69) is 67.2 Å². The molecule has 4 heteroatoms. The lowest BCUT2D eigenvalue weighted by Gasteiger charge is -2.58. The predicted octanol–water partition coefficient (Wildman–Crippen LogP) is 9.63. The van der Waals surface area contributed by atoms with E-state index in [9.17, 15) is 0 Å². The average molecular weight is 515 g/mol. The van der Waals surface area contributed by atoms with Crippen LogP contribution in [0.4, 0.5) is 0 Å². The highest BCUT2D eigenvalue weighted by atomic mass is 33.1. The minimum Gasteiger partial charge on any atom is -0.327 e. The van der Waals surface area contributed by atoms with Crippen LogP contribution in [0.1, 0.15) is 105 Å². The minimum absolute atomic E-state index is 0.483. The fourth-order valence-electron chi connectivity index (χ4n) is 9.28. The molecule has 0 aliphatic heterocycles. The molecule has 0 radical (unpaired) electrons. The minimum atomic E-state index is 0.483. The Morgan fingerprint density at radius 1 is 1.06 bits per heavy atom. The predicted molar refractivity (Wildman–Crippen MR) is 154 cm³/mol. The van der Waals surface area contributed by atoms with Gasteiger partial charge >= 0.3 is 0 Å². The van der Waals surface area contributed by atoms with Crippen molar-refractivity contribution in [3.05, 3.63) is 30.4 Å². The quantitative estimate of drug-likeness (QED) is 0.241. The first-order valence-electron chi connectivity index (χ1n) is 14.7. The zero-order valence-electron chi connectivity index (χ0n) is 23.0. The summed E-state index contributed by atoms with van der Waals surface area (Å²) in [4.78, 5) is 4.18. The number of hydrogen-bond acceptors (Lipinski definition) is 3. The maximum absolute atomic E-state index is 4.18. The molecule has 1 aromatic rings. The molecule has 0 saturated heterocycles. The van der Waals surface area contributed by atoms with Gasteiger partial charge in [0.25, 0.3) is 0 Å². The van der Waals surface area contributed by atoms with Crippen LogP contribution in [-0.2, 0) is 5.88 Å². The molecule has 3 saturated carbocycles. The normalized spacial score (nSPS) is 39.6. The average Bonchev–Trinajstić information content (AvgIpc) is 3.46. The summed E-state index contributed by atoms with van der Waals surface area (Å²) < 4.78 is 2.19. The molecule has 8 unspecified atom stereocenters. The Balaban J connectivity index is 1.21. The van der Waals surface area contributed by atoms with Crippen LogP contribution >= 0.6 is 21.6 Å². The van der Waals surface area contributed by atoms with Gasteiger partial charge in [-0.05, 0) is 97.7 Å². The summed E-state index contributed by atoms with van der Waals surface area (Å²) in [7, 11) is 4.15. The van der Waals surface area contributed by atoms with Crippen molar-refractivity contribution in [3.63, 3.8) is 0 Å². The maximum Gasteiger partial charge on any atom is 0.0953 e. The number of imidazole rings is 1. The lowest BCUT2D eigenvalue weighted by Crippen LogP contribution is -2.50. The Morgan fingerprint density at radius 3 is 2.69 bits per heavy atom. The van der Waals surface area contributed by atoms with Crippen LogP contribution < -0.4 is 0 Å². The van der Waals surface area contributed by atoms with E-state index in [0.29, 0.717) is 10.8 Å². The summed E-state index contributed by atoms with van der Waals surface area (Å²) in [5.74, 6) is 6.63. The summed E-state index contributed by atoms with van der Waals surface area (Å²) in [5, 5.41) is 0.788. The lowest BCUT2D eigenvalue weighted by atomic mass is 9.47. The number of hydrogen-bond donors (Lipinski definition) is 0. The van der Waals surface area contributed by atoms with Crippen molar-refractivity contribution >= 4 is 21.6 Å². The largest absolute Gasteiger partial charge is 0.327 e. The number of nitrogens with zero attached hydrogens (tertiary/aromatic N) is 2. The van der Waals surface area contributed by atoms with E-state index in [1.165, 1.54) is 70.6 Å². The summed E-state index contributed by atoms with van der Waals surface area (Å²) in [5.41, 5.74) is 2.93. The first-order chi connectivity index (χ1) is 16.8. The smallest absolute Gasteiger partial charge is 0.0953 e. The van der Waals surface area contributed by atoms with Gasteiger partial charge in [-0.2, -0.15) is 0 Å². The van der Waals surface area contributed by atoms with Crippen LogP contribution in [-0.4, -0.2) is 14.8 Å². The van der Waals surface area contributed by atoms with Crippen molar-refractivity contribution in [3.8, 4) is 0 Å². The van der Waals surface area contributed by atoms with Crippen molar-refractivity contribution in [1.82, 2.24) is 9.55 Å². The topological polar surface area (TPSA) is 17.8 Å². The number of allylic oxidation sites excluding steroid dienone is 2. The highest BCUT2D eigenvalue weighted by molar-refractivity contribution is 8.76. The van der Waals surface area contributed by atoms with Crippen molar-refractivity contribution in [2.75, 3.05) is 0 Å². The molecule has 1 aromatic heterocycles. The van der Waals surface area contributed by atoms with Gasteiger partial charge < -0.3 is 4.57 Å². The molecule has 0 amide bonds. The third kappa shape index (κ3) is 5.18. The van der Waals surface area contributed by atoms with Crippen LogP contribution in [0.2, 0.25) is 0 Å². The molecule has 0 N–H and O–H groups in total. The molecular formula is C31H50N2S2. The molecule has 35 heavy (non-hydrogen) atoms. The third-order valence-corrected chi connectivity index (χ3v) is 14.0. The van der Waals surface area contributed by atoms with Crippen LogP contribution in [0.5, 0.6) is 0 Å². The van der Waals surface area contributed by atoms with Gasteiger partial charge in [0.05, 0.1) is 12.2 Å². The fraction of sp³-hybridized carbons (Fsp3) is 0.839. The molecule has 4 aliphatic rings. The molecule has 0 bridgehead atoms. The molecule has 2 nitrogen and oxygen atoms in total. The Labute approximate surface area is 223 Å². The third-order valence-electron chi connectivity index (χ3n) is 11.2. The van der Waals surface area contributed by atoms with E-state index < -0.39 is 0 Å². The van der Waals surface area contributed by atoms with E-state index in [1.807, 2.05) is 28.9 Å². The van der Waals surface area contributed by atoms with Crippen LogP contribution in [0.15, 0.2) is 30.4 Å². The highest BCUT2D eigenvalue weighted by Crippen LogP contribution is 2.67. The first kappa shape index (κ1) is 26.3. The Morgan fingerprint density at radius 2 is 1.91 bits per heavy atom. The second-order valence-corrected chi connectivity index (χ2v) is 16.2. The molecule has 3 fully saturated rings. The van der Waals surface area contributed by atoms with Gasteiger partial charge in [0.15, 0.2) is 0 Å². The fourth-order valence-corrected chi connectivity index (χ4v) is 11.9. The molecule has 1 heterocycles. The van der Waals surface area contributed by atoms with Gasteiger partial charge in [-0.25, -0.2) is 4.98 Å². The number of aromatic nitrogens is 2. The molecule has 0 spiro atoms. The molecule has 196 valence electrons.